The highest BCUT2D eigenvalue weighted by Gasteiger charge is 2.06. The van der Waals surface area contributed by atoms with Crippen LogP contribution in [0.1, 0.15) is 0 Å². The van der Waals surface area contributed by atoms with Crippen LogP contribution in [-0.2, 0) is 11.3 Å². The third-order valence-electron chi connectivity index (χ3n) is 2.35. The van der Waals surface area contributed by atoms with E-state index in [1.807, 2.05) is 35.0 Å². The van der Waals surface area contributed by atoms with Gasteiger partial charge in [-0.05, 0) is 18.2 Å². The number of nitrogens with one attached hydrogen (secondary N) is 1. The normalized spacial score (nSPS) is 10.5. The molecule has 0 atom stereocenters. The van der Waals surface area contributed by atoms with E-state index in [0.29, 0.717) is 11.6 Å². The second-order valence-electron chi connectivity index (χ2n) is 3.29. The summed E-state index contributed by atoms with van der Waals surface area (Å²) in [6.45, 7) is 0.320. The summed E-state index contributed by atoms with van der Waals surface area (Å²) >= 11 is 6.03. The van der Waals surface area contributed by atoms with Crippen LogP contribution in [0.5, 0.6) is 0 Å². The van der Waals surface area contributed by atoms with Gasteiger partial charge in [0.25, 0.3) is 0 Å². The molecule has 1 heterocycles. The number of halogens is 1. The van der Waals surface area contributed by atoms with Gasteiger partial charge >= 0.3 is 0 Å². The topological polar surface area (TPSA) is 34.0 Å². The van der Waals surface area contributed by atoms with Gasteiger partial charge in [-0.25, -0.2) is 0 Å². The first-order valence-corrected chi connectivity index (χ1v) is 5.04. The van der Waals surface area contributed by atoms with Crippen LogP contribution in [0.3, 0.4) is 0 Å². The number of fused-ring (bicyclic) bond motifs is 1. The van der Waals surface area contributed by atoms with Crippen molar-refractivity contribution in [3.05, 3.63) is 35.5 Å². The Morgan fingerprint density at radius 1 is 1.47 bits per heavy atom. The quantitative estimate of drug-likeness (QED) is 0.829. The fourth-order valence-electron chi connectivity index (χ4n) is 1.56. The lowest BCUT2D eigenvalue weighted by atomic mass is 10.2. The smallest absolute Gasteiger partial charge is 0.239 e. The van der Waals surface area contributed by atoms with E-state index in [4.69, 9.17) is 11.6 Å². The zero-order valence-corrected chi connectivity index (χ0v) is 9.08. The average molecular weight is 223 g/mol. The maximum Gasteiger partial charge on any atom is 0.239 e. The summed E-state index contributed by atoms with van der Waals surface area (Å²) < 4.78 is 1.88. The Hall–Kier alpha value is -1.48. The standard InChI is InChI=1S/C11H11ClN2O/c1-13-11(15)7-14-6-5-8-9(12)3-2-4-10(8)14/h2-6H,7H2,1H3,(H,13,15). The van der Waals surface area contributed by atoms with E-state index in [0.717, 1.165) is 10.9 Å². The number of hydrogen-bond donors (Lipinski definition) is 1. The molecule has 78 valence electrons. The number of rotatable bonds is 2. The molecule has 0 saturated carbocycles. The van der Waals surface area contributed by atoms with Gasteiger partial charge in [0.2, 0.25) is 5.91 Å². The van der Waals surface area contributed by atoms with Gasteiger partial charge in [-0.1, -0.05) is 17.7 Å². The van der Waals surface area contributed by atoms with E-state index in [9.17, 15) is 4.79 Å². The Balaban J connectivity index is 2.45. The Morgan fingerprint density at radius 3 is 3.00 bits per heavy atom. The molecule has 0 radical (unpaired) electrons. The highest BCUT2D eigenvalue weighted by Crippen LogP contribution is 2.23. The second kappa shape index (κ2) is 3.95. The van der Waals surface area contributed by atoms with Crippen molar-refractivity contribution in [2.75, 3.05) is 7.05 Å². The minimum absolute atomic E-state index is 0.0209. The first kappa shape index (κ1) is 10.1. The second-order valence-corrected chi connectivity index (χ2v) is 3.70. The molecule has 0 aliphatic carbocycles. The van der Waals surface area contributed by atoms with Crippen LogP contribution in [0.4, 0.5) is 0 Å². The number of hydrogen-bond acceptors (Lipinski definition) is 1. The lowest BCUT2D eigenvalue weighted by Gasteiger charge is -2.04. The molecule has 0 spiro atoms. The van der Waals surface area contributed by atoms with Crippen LogP contribution in [0.2, 0.25) is 5.02 Å². The monoisotopic (exact) mass is 222 g/mol. The summed E-state index contributed by atoms with van der Waals surface area (Å²) in [5.41, 5.74) is 0.978. The number of aromatic nitrogens is 1. The molecule has 0 saturated heterocycles. The molecular formula is C11H11ClN2O. The van der Waals surface area contributed by atoms with Crippen molar-refractivity contribution in [1.29, 1.82) is 0 Å². The van der Waals surface area contributed by atoms with Crippen LogP contribution in [0.15, 0.2) is 30.5 Å². The maximum absolute atomic E-state index is 11.2. The predicted molar refractivity (Wildman–Crippen MR) is 61.0 cm³/mol. The Labute approximate surface area is 92.6 Å². The molecule has 0 unspecified atom stereocenters. The number of benzene rings is 1. The Morgan fingerprint density at radius 2 is 2.27 bits per heavy atom. The van der Waals surface area contributed by atoms with Gasteiger partial charge in [0.15, 0.2) is 0 Å². The van der Waals surface area contributed by atoms with Crippen molar-refractivity contribution in [3.63, 3.8) is 0 Å². The number of nitrogens with zero attached hydrogens (tertiary/aromatic N) is 1. The lowest BCUT2D eigenvalue weighted by molar-refractivity contribution is -0.121. The van der Waals surface area contributed by atoms with E-state index in [-0.39, 0.29) is 5.91 Å². The molecule has 0 aliphatic heterocycles. The van der Waals surface area contributed by atoms with Crippen molar-refractivity contribution < 1.29 is 4.79 Å². The van der Waals surface area contributed by atoms with Crippen LogP contribution in [-0.4, -0.2) is 17.5 Å². The van der Waals surface area contributed by atoms with E-state index in [1.54, 1.807) is 7.05 Å². The van der Waals surface area contributed by atoms with Gasteiger partial charge < -0.3 is 9.88 Å². The number of carbonyl (C=O) groups excluding carboxylic acids is 1. The number of likely N-dealkylation sites (N-methyl/N-ethyl adjacent to an activating group) is 1. The van der Waals surface area contributed by atoms with Crippen LogP contribution < -0.4 is 5.32 Å². The highest BCUT2D eigenvalue weighted by atomic mass is 35.5. The van der Waals surface area contributed by atoms with Crippen molar-refractivity contribution in [2.45, 2.75) is 6.54 Å². The van der Waals surface area contributed by atoms with Gasteiger partial charge in [-0.3, -0.25) is 4.79 Å². The molecule has 4 heteroatoms. The lowest BCUT2D eigenvalue weighted by Crippen LogP contribution is -2.22. The molecule has 1 aromatic carbocycles. The van der Waals surface area contributed by atoms with Crippen molar-refractivity contribution in [2.24, 2.45) is 0 Å². The van der Waals surface area contributed by atoms with Gasteiger partial charge in [0.1, 0.15) is 6.54 Å². The summed E-state index contributed by atoms with van der Waals surface area (Å²) in [6.07, 6.45) is 1.87. The van der Waals surface area contributed by atoms with E-state index in [1.165, 1.54) is 0 Å². The van der Waals surface area contributed by atoms with Crippen LogP contribution in [0, 0.1) is 0 Å². The largest absolute Gasteiger partial charge is 0.358 e. The average Bonchev–Trinajstić information content (AvgIpc) is 2.63. The summed E-state index contributed by atoms with van der Waals surface area (Å²) in [5.74, 6) is -0.0209. The Kier molecular flexibility index (Phi) is 2.64. The third-order valence-corrected chi connectivity index (χ3v) is 2.68. The van der Waals surface area contributed by atoms with Crippen LogP contribution in [0.25, 0.3) is 10.9 Å². The van der Waals surface area contributed by atoms with Crippen molar-refractivity contribution in [3.8, 4) is 0 Å². The first-order chi connectivity index (χ1) is 7.22. The molecule has 1 amide bonds. The van der Waals surface area contributed by atoms with Gasteiger partial charge in [-0.15, -0.1) is 0 Å². The fourth-order valence-corrected chi connectivity index (χ4v) is 1.79. The van der Waals surface area contributed by atoms with E-state index in [2.05, 4.69) is 5.32 Å². The third kappa shape index (κ3) is 1.83. The fraction of sp³-hybridized carbons (Fsp3) is 0.182. The van der Waals surface area contributed by atoms with Gasteiger partial charge in [0.05, 0.1) is 0 Å². The summed E-state index contributed by atoms with van der Waals surface area (Å²) in [6, 6.07) is 7.59. The maximum atomic E-state index is 11.2. The van der Waals surface area contributed by atoms with Crippen molar-refractivity contribution >= 4 is 28.4 Å². The van der Waals surface area contributed by atoms with Crippen molar-refractivity contribution in [1.82, 2.24) is 9.88 Å². The number of carbonyl (C=O) groups is 1. The molecule has 0 fully saturated rings. The zero-order chi connectivity index (χ0) is 10.8. The predicted octanol–water partition coefficient (Wildman–Crippen LogP) is 2.04. The molecule has 1 aromatic heterocycles. The molecule has 0 bridgehead atoms. The molecule has 2 aromatic rings. The minimum atomic E-state index is -0.0209. The minimum Gasteiger partial charge on any atom is -0.358 e. The Bertz CT molecular complexity index is 504. The highest BCUT2D eigenvalue weighted by molar-refractivity contribution is 6.35. The molecule has 15 heavy (non-hydrogen) atoms. The molecule has 3 nitrogen and oxygen atoms in total. The SMILES string of the molecule is CNC(=O)Cn1ccc2c(Cl)cccc21. The summed E-state index contributed by atoms with van der Waals surface area (Å²) in [4.78, 5) is 11.2. The number of amides is 1. The van der Waals surface area contributed by atoms with Gasteiger partial charge in [-0.2, -0.15) is 0 Å². The first-order valence-electron chi connectivity index (χ1n) is 4.66. The van der Waals surface area contributed by atoms with Gasteiger partial charge in [0, 0.05) is 29.2 Å². The summed E-state index contributed by atoms with van der Waals surface area (Å²) in [7, 11) is 1.63. The molecule has 1 N–H and O–H groups in total. The molecule has 2 rings (SSSR count). The summed E-state index contributed by atoms with van der Waals surface area (Å²) in [5, 5.41) is 4.28. The van der Waals surface area contributed by atoms with E-state index < -0.39 is 0 Å². The van der Waals surface area contributed by atoms with Crippen LogP contribution >= 0.6 is 11.6 Å². The van der Waals surface area contributed by atoms with E-state index >= 15 is 0 Å². The molecular weight excluding hydrogens is 212 g/mol. The molecule has 0 aliphatic rings. The zero-order valence-electron chi connectivity index (χ0n) is 8.33.